The number of carbonyl (C=O) groups is 1. The van der Waals surface area contributed by atoms with E-state index in [0.717, 1.165) is 11.8 Å². The Morgan fingerprint density at radius 1 is 1.41 bits per heavy atom. The monoisotopic (exact) mass is 238 g/mol. The number of pyridine rings is 1. The van der Waals surface area contributed by atoms with Crippen LogP contribution in [-0.4, -0.2) is 17.9 Å². The van der Waals surface area contributed by atoms with E-state index in [1.807, 2.05) is 0 Å². The van der Waals surface area contributed by atoms with Crippen LogP contribution in [0, 0.1) is 5.82 Å². The number of aromatic nitrogens is 1. The van der Waals surface area contributed by atoms with Gasteiger partial charge in [-0.2, -0.15) is 0 Å². The second kappa shape index (κ2) is 5.95. The van der Waals surface area contributed by atoms with Gasteiger partial charge in [0.15, 0.2) is 5.82 Å². The van der Waals surface area contributed by atoms with E-state index in [9.17, 15) is 9.18 Å². The van der Waals surface area contributed by atoms with Crippen molar-refractivity contribution in [1.82, 2.24) is 15.8 Å². The molecule has 0 aliphatic heterocycles. The molecule has 0 saturated heterocycles. The van der Waals surface area contributed by atoms with Crippen LogP contribution >= 0.6 is 0 Å². The number of anilines is 1. The summed E-state index contributed by atoms with van der Waals surface area (Å²) in [6, 6.07) is 1.40. The largest absolute Gasteiger partial charge is 0.318 e. The molecule has 0 aliphatic carbocycles. The van der Waals surface area contributed by atoms with Crippen molar-refractivity contribution >= 4 is 11.6 Å². The average Bonchev–Trinajstić information content (AvgIpc) is 2.28. The van der Waals surface area contributed by atoms with Gasteiger partial charge in [-0.1, -0.05) is 0 Å². The highest BCUT2D eigenvalue weighted by atomic mass is 19.1. The number of carbonyl (C=O) groups excluding carboxylic acids is 1. The van der Waals surface area contributed by atoms with E-state index >= 15 is 0 Å². The van der Waals surface area contributed by atoms with Crippen LogP contribution in [0.1, 0.15) is 13.8 Å². The summed E-state index contributed by atoms with van der Waals surface area (Å²) in [6.07, 6.45) is 2.45. The van der Waals surface area contributed by atoms with Crippen LogP contribution in [-0.2, 0) is 4.79 Å². The lowest BCUT2D eigenvalue weighted by atomic mass is 10.2. The number of amides is 1. The van der Waals surface area contributed by atoms with E-state index in [1.54, 1.807) is 20.9 Å². The Balaban J connectivity index is 2.85. The fraction of sp³-hybridized carbons (Fsp3) is 0.273. The lowest BCUT2D eigenvalue weighted by Gasteiger charge is -2.12. The molecule has 3 N–H and O–H groups in total. The van der Waals surface area contributed by atoms with Gasteiger partial charge in [0, 0.05) is 13.2 Å². The molecule has 0 atom stereocenters. The van der Waals surface area contributed by atoms with E-state index in [0.29, 0.717) is 5.70 Å². The van der Waals surface area contributed by atoms with Gasteiger partial charge in [0.05, 0.1) is 11.9 Å². The molecule has 1 aromatic heterocycles. The van der Waals surface area contributed by atoms with Crippen LogP contribution in [0.4, 0.5) is 10.1 Å². The highest BCUT2D eigenvalue weighted by Crippen LogP contribution is 2.12. The summed E-state index contributed by atoms with van der Waals surface area (Å²) in [4.78, 5) is 15.4. The molecule has 6 heteroatoms. The van der Waals surface area contributed by atoms with Gasteiger partial charge in [-0.3, -0.25) is 9.78 Å². The van der Waals surface area contributed by atoms with Crippen molar-refractivity contribution in [2.75, 3.05) is 12.4 Å². The first-order valence-corrected chi connectivity index (χ1v) is 5.07. The van der Waals surface area contributed by atoms with Gasteiger partial charge in [0.2, 0.25) is 0 Å². The van der Waals surface area contributed by atoms with Crippen molar-refractivity contribution in [2.45, 2.75) is 13.8 Å². The second-order valence-electron chi connectivity index (χ2n) is 3.56. The molecule has 5 nitrogen and oxygen atoms in total. The van der Waals surface area contributed by atoms with Gasteiger partial charge < -0.3 is 10.7 Å². The van der Waals surface area contributed by atoms with Crippen LogP contribution in [0.25, 0.3) is 0 Å². The van der Waals surface area contributed by atoms with Crippen LogP contribution in [0.15, 0.2) is 29.7 Å². The Bertz CT molecular complexity index is 441. The van der Waals surface area contributed by atoms with Crippen molar-refractivity contribution < 1.29 is 9.18 Å². The zero-order valence-electron chi connectivity index (χ0n) is 9.97. The minimum Gasteiger partial charge on any atom is -0.318 e. The lowest BCUT2D eigenvalue weighted by molar-refractivity contribution is -0.113. The number of nitrogens with one attached hydrogen (secondary N) is 3. The lowest BCUT2D eigenvalue weighted by Crippen LogP contribution is -2.34. The summed E-state index contributed by atoms with van der Waals surface area (Å²) < 4.78 is 13.3. The Labute approximate surface area is 99.1 Å². The highest BCUT2D eigenvalue weighted by molar-refractivity contribution is 6.03. The maximum atomic E-state index is 13.3. The Morgan fingerprint density at radius 3 is 2.65 bits per heavy atom. The first-order valence-electron chi connectivity index (χ1n) is 5.07. The average molecular weight is 238 g/mol. The van der Waals surface area contributed by atoms with Gasteiger partial charge in [-0.25, -0.2) is 9.82 Å². The number of allylic oxidation sites excluding steroid dienone is 1. The van der Waals surface area contributed by atoms with E-state index in [1.165, 1.54) is 12.3 Å². The summed E-state index contributed by atoms with van der Waals surface area (Å²) in [5, 5.41) is 2.46. The maximum Gasteiger partial charge on any atom is 0.273 e. The highest BCUT2D eigenvalue weighted by Gasteiger charge is 2.12. The van der Waals surface area contributed by atoms with Crippen LogP contribution in [0.5, 0.6) is 0 Å². The topological polar surface area (TPSA) is 66.0 Å². The summed E-state index contributed by atoms with van der Waals surface area (Å²) in [6.45, 7) is 3.56. The van der Waals surface area contributed by atoms with Crippen molar-refractivity contribution in [2.24, 2.45) is 0 Å². The van der Waals surface area contributed by atoms with Crippen molar-refractivity contribution in [3.05, 3.63) is 35.5 Å². The molecule has 1 amide bonds. The molecule has 0 unspecified atom stereocenters. The minimum absolute atomic E-state index is 0.0988. The number of halogens is 1. The van der Waals surface area contributed by atoms with Crippen molar-refractivity contribution in [3.63, 3.8) is 0 Å². The molecule has 92 valence electrons. The van der Waals surface area contributed by atoms with Gasteiger partial charge in [-0.15, -0.1) is 0 Å². The van der Waals surface area contributed by atoms with E-state index < -0.39 is 11.7 Å². The minimum atomic E-state index is -0.571. The number of hydrazine groups is 1. The van der Waals surface area contributed by atoms with E-state index in [-0.39, 0.29) is 5.69 Å². The van der Waals surface area contributed by atoms with E-state index in [2.05, 4.69) is 21.2 Å². The van der Waals surface area contributed by atoms with Gasteiger partial charge in [0.1, 0.15) is 5.70 Å². The first kappa shape index (κ1) is 13.1. The fourth-order valence-electron chi connectivity index (χ4n) is 1.20. The molecule has 0 radical (unpaired) electrons. The molecule has 0 aromatic carbocycles. The molecule has 1 aromatic rings. The predicted octanol–water partition coefficient (Wildman–Crippen LogP) is 1.18. The van der Waals surface area contributed by atoms with Gasteiger partial charge in [-0.05, 0) is 25.5 Å². The zero-order valence-corrected chi connectivity index (χ0v) is 9.97. The second-order valence-corrected chi connectivity index (χ2v) is 3.56. The van der Waals surface area contributed by atoms with Crippen LogP contribution < -0.4 is 16.2 Å². The number of hydrogen-bond acceptors (Lipinski definition) is 4. The van der Waals surface area contributed by atoms with Crippen molar-refractivity contribution in [3.8, 4) is 0 Å². The summed E-state index contributed by atoms with van der Waals surface area (Å²) >= 11 is 0. The molecular weight excluding hydrogens is 223 g/mol. The smallest absolute Gasteiger partial charge is 0.273 e. The Morgan fingerprint density at radius 2 is 2.12 bits per heavy atom. The fourth-order valence-corrected chi connectivity index (χ4v) is 1.20. The normalized spacial score (nSPS) is 9.65. The SMILES string of the molecule is CNNC(C(=O)Nc1ccncc1F)=C(C)C. The van der Waals surface area contributed by atoms with Gasteiger partial charge in [0.25, 0.3) is 5.91 Å². The molecule has 1 rings (SSSR count). The molecule has 1 heterocycles. The molecule has 0 fully saturated rings. The number of nitrogens with zero attached hydrogens (tertiary/aromatic N) is 1. The standard InChI is InChI=1S/C11H15FN4O/c1-7(2)10(16-13-3)11(17)15-9-4-5-14-6-8(9)12/h4-6,13,16H,1-3H3,(H,14,15,17). The molecule has 0 aliphatic rings. The molecule has 0 saturated carbocycles. The summed E-state index contributed by atoms with van der Waals surface area (Å²) in [5.74, 6) is -0.983. The van der Waals surface area contributed by atoms with Crippen LogP contribution in [0.3, 0.4) is 0 Å². The quantitative estimate of drug-likeness (QED) is 0.544. The third-order valence-corrected chi connectivity index (χ3v) is 2.00. The molecular formula is C11H15FN4O. The molecule has 17 heavy (non-hydrogen) atoms. The van der Waals surface area contributed by atoms with E-state index in [4.69, 9.17) is 0 Å². The van der Waals surface area contributed by atoms with Gasteiger partial charge >= 0.3 is 0 Å². The molecule has 0 spiro atoms. The number of rotatable bonds is 4. The first-order chi connectivity index (χ1) is 8.06. The number of hydrogen-bond donors (Lipinski definition) is 3. The van der Waals surface area contributed by atoms with Crippen LogP contribution in [0.2, 0.25) is 0 Å². The summed E-state index contributed by atoms with van der Waals surface area (Å²) in [7, 11) is 1.64. The molecule has 0 bridgehead atoms. The Hall–Kier alpha value is -1.95. The van der Waals surface area contributed by atoms with Crippen molar-refractivity contribution in [1.29, 1.82) is 0 Å². The maximum absolute atomic E-state index is 13.3. The zero-order chi connectivity index (χ0) is 12.8. The Kier molecular flexibility index (Phi) is 4.59. The third-order valence-electron chi connectivity index (χ3n) is 2.00. The summed E-state index contributed by atoms with van der Waals surface area (Å²) in [5.41, 5.74) is 6.59. The third kappa shape index (κ3) is 3.53. The predicted molar refractivity (Wildman–Crippen MR) is 63.4 cm³/mol.